The molecule has 1 saturated heterocycles. The Hall–Kier alpha value is -1.48. The van der Waals surface area contributed by atoms with Gasteiger partial charge in [-0.15, -0.1) is 0 Å². The van der Waals surface area contributed by atoms with Crippen LogP contribution in [0.25, 0.3) is 0 Å². The first-order valence-corrected chi connectivity index (χ1v) is 10.2. The number of rotatable bonds is 4. The van der Waals surface area contributed by atoms with Crippen molar-refractivity contribution in [3.8, 4) is 0 Å². The fraction of sp³-hybridized carbons (Fsp3) is 0.588. The molecule has 0 atom stereocenters. The Balaban J connectivity index is 1.65. The summed E-state index contributed by atoms with van der Waals surface area (Å²) in [5.41, 5.74) is 6.35. The number of morpholine rings is 1. The fourth-order valence-electron chi connectivity index (χ4n) is 3.25. The molecule has 1 amide bonds. The molecule has 7 nitrogen and oxygen atoms in total. The number of sulfonamides is 1. The highest BCUT2D eigenvalue weighted by atomic mass is 32.2. The van der Waals surface area contributed by atoms with E-state index in [1.165, 1.54) is 12.1 Å². The number of nitrogens with zero attached hydrogens (tertiary/aromatic N) is 1. The topological polar surface area (TPSA) is 102 Å². The summed E-state index contributed by atoms with van der Waals surface area (Å²) in [5, 5.41) is 0. The molecular formula is C17H25N3O4S. The zero-order chi connectivity index (χ0) is 17.9. The third kappa shape index (κ3) is 4.58. The van der Waals surface area contributed by atoms with Crippen molar-refractivity contribution in [3.05, 3.63) is 29.8 Å². The molecule has 0 bridgehead atoms. The van der Waals surface area contributed by atoms with Crippen molar-refractivity contribution in [1.82, 2.24) is 9.62 Å². The summed E-state index contributed by atoms with van der Waals surface area (Å²) in [7, 11) is -3.58. The molecule has 25 heavy (non-hydrogen) atoms. The van der Waals surface area contributed by atoms with Crippen molar-refractivity contribution in [2.45, 2.75) is 42.7 Å². The quantitative estimate of drug-likeness (QED) is 0.816. The van der Waals surface area contributed by atoms with E-state index in [4.69, 9.17) is 10.5 Å². The Bertz CT molecular complexity index is 691. The van der Waals surface area contributed by atoms with Crippen LogP contribution in [0.5, 0.6) is 0 Å². The van der Waals surface area contributed by atoms with Crippen LogP contribution in [-0.4, -0.2) is 57.6 Å². The highest BCUT2D eigenvalue weighted by Crippen LogP contribution is 2.20. The van der Waals surface area contributed by atoms with E-state index in [0.29, 0.717) is 31.9 Å². The highest BCUT2D eigenvalue weighted by Gasteiger charge is 2.25. The number of carbonyl (C=O) groups excluding carboxylic acids is 1. The number of hydrogen-bond acceptors (Lipinski definition) is 5. The monoisotopic (exact) mass is 367 g/mol. The number of hydrogen-bond donors (Lipinski definition) is 2. The largest absolute Gasteiger partial charge is 0.378 e. The average Bonchev–Trinajstić information content (AvgIpc) is 2.64. The lowest BCUT2D eigenvalue weighted by Crippen LogP contribution is -2.41. The summed E-state index contributed by atoms with van der Waals surface area (Å²) >= 11 is 0. The molecule has 0 unspecified atom stereocenters. The van der Waals surface area contributed by atoms with Gasteiger partial charge in [-0.1, -0.05) is 0 Å². The van der Waals surface area contributed by atoms with E-state index in [2.05, 4.69) is 4.72 Å². The van der Waals surface area contributed by atoms with E-state index < -0.39 is 10.0 Å². The fourth-order valence-corrected chi connectivity index (χ4v) is 4.56. The van der Waals surface area contributed by atoms with Crippen LogP contribution in [0.2, 0.25) is 0 Å². The Morgan fingerprint density at radius 1 is 1.08 bits per heavy atom. The summed E-state index contributed by atoms with van der Waals surface area (Å²) in [6.45, 7) is 2.19. The van der Waals surface area contributed by atoms with E-state index in [1.807, 2.05) is 0 Å². The summed E-state index contributed by atoms with van der Waals surface area (Å²) < 4.78 is 33.0. The third-order valence-corrected chi connectivity index (χ3v) is 6.34. The number of nitrogens with one attached hydrogen (secondary N) is 1. The van der Waals surface area contributed by atoms with Gasteiger partial charge in [0.1, 0.15) is 0 Å². The van der Waals surface area contributed by atoms with Gasteiger partial charge in [-0.3, -0.25) is 4.79 Å². The van der Waals surface area contributed by atoms with Gasteiger partial charge in [-0.05, 0) is 49.9 Å². The number of ether oxygens (including phenoxy) is 1. The SMILES string of the molecule is NC1CCC(NS(=O)(=O)c2ccc(C(=O)N3CCOCC3)cc2)CC1. The smallest absolute Gasteiger partial charge is 0.254 e. The van der Waals surface area contributed by atoms with Gasteiger partial charge in [0.15, 0.2) is 0 Å². The normalized spacial score (nSPS) is 24.9. The van der Waals surface area contributed by atoms with Crippen molar-refractivity contribution < 1.29 is 17.9 Å². The van der Waals surface area contributed by atoms with E-state index >= 15 is 0 Å². The molecule has 3 rings (SSSR count). The molecule has 2 aliphatic rings. The molecule has 1 saturated carbocycles. The molecular weight excluding hydrogens is 342 g/mol. The van der Waals surface area contributed by atoms with E-state index in [0.717, 1.165) is 25.7 Å². The lowest BCUT2D eigenvalue weighted by molar-refractivity contribution is 0.0303. The van der Waals surface area contributed by atoms with E-state index in [-0.39, 0.29) is 22.9 Å². The molecule has 1 aromatic carbocycles. The maximum Gasteiger partial charge on any atom is 0.254 e. The van der Waals surface area contributed by atoms with Crippen molar-refractivity contribution in [2.75, 3.05) is 26.3 Å². The standard InChI is InChI=1S/C17H25N3O4S/c18-14-3-5-15(6-4-14)19-25(22,23)16-7-1-13(2-8-16)17(21)20-9-11-24-12-10-20/h1-2,7-8,14-15,19H,3-6,9-12,18H2. The van der Waals surface area contributed by atoms with Crippen molar-refractivity contribution in [1.29, 1.82) is 0 Å². The molecule has 0 aromatic heterocycles. The molecule has 1 aromatic rings. The molecule has 1 heterocycles. The van der Waals surface area contributed by atoms with Crippen molar-refractivity contribution in [3.63, 3.8) is 0 Å². The molecule has 3 N–H and O–H groups in total. The zero-order valence-electron chi connectivity index (χ0n) is 14.2. The summed E-state index contributed by atoms with van der Waals surface area (Å²) in [5.74, 6) is -0.0959. The van der Waals surface area contributed by atoms with Gasteiger partial charge in [0.05, 0.1) is 18.1 Å². The molecule has 8 heteroatoms. The molecule has 0 spiro atoms. The number of carbonyl (C=O) groups is 1. The van der Waals surface area contributed by atoms with Crippen LogP contribution in [0.15, 0.2) is 29.2 Å². The zero-order valence-corrected chi connectivity index (χ0v) is 15.0. The van der Waals surface area contributed by atoms with Crippen LogP contribution in [-0.2, 0) is 14.8 Å². The summed E-state index contributed by atoms with van der Waals surface area (Å²) in [4.78, 5) is 14.3. The predicted molar refractivity (Wildman–Crippen MR) is 93.7 cm³/mol. The lowest BCUT2D eigenvalue weighted by atomic mass is 9.93. The molecule has 2 fully saturated rings. The Labute approximate surface area is 148 Å². The summed E-state index contributed by atoms with van der Waals surface area (Å²) in [6, 6.07) is 6.23. The summed E-state index contributed by atoms with van der Waals surface area (Å²) in [6.07, 6.45) is 3.18. The lowest BCUT2D eigenvalue weighted by Gasteiger charge is -2.27. The average molecular weight is 367 g/mol. The van der Waals surface area contributed by atoms with Gasteiger partial charge >= 0.3 is 0 Å². The minimum absolute atomic E-state index is 0.0699. The molecule has 1 aliphatic heterocycles. The molecule has 0 radical (unpaired) electrons. The highest BCUT2D eigenvalue weighted by molar-refractivity contribution is 7.89. The van der Waals surface area contributed by atoms with Gasteiger partial charge in [-0.2, -0.15) is 0 Å². The second kappa shape index (κ2) is 7.82. The number of benzene rings is 1. The number of nitrogens with two attached hydrogens (primary N) is 1. The predicted octanol–water partition coefficient (Wildman–Crippen LogP) is 0.707. The van der Waals surface area contributed by atoms with Crippen LogP contribution < -0.4 is 10.5 Å². The second-order valence-electron chi connectivity index (χ2n) is 6.66. The maximum atomic E-state index is 12.5. The van der Waals surface area contributed by atoms with Gasteiger partial charge in [0.25, 0.3) is 5.91 Å². The minimum Gasteiger partial charge on any atom is -0.378 e. The van der Waals surface area contributed by atoms with Gasteiger partial charge < -0.3 is 15.4 Å². The van der Waals surface area contributed by atoms with Gasteiger partial charge in [0.2, 0.25) is 10.0 Å². The van der Waals surface area contributed by atoms with Crippen molar-refractivity contribution in [2.24, 2.45) is 5.73 Å². The van der Waals surface area contributed by atoms with E-state index in [9.17, 15) is 13.2 Å². The minimum atomic E-state index is -3.58. The van der Waals surface area contributed by atoms with Gasteiger partial charge in [-0.25, -0.2) is 13.1 Å². The second-order valence-corrected chi connectivity index (χ2v) is 8.38. The Kier molecular flexibility index (Phi) is 5.73. The third-order valence-electron chi connectivity index (χ3n) is 4.80. The van der Waals surface area contributed by atoms with Crippen LogP contribution in [0.1, 0.15) is 36.0 Å². The van der Waals surface area contributed by atoms with Crippen molar-refractivity contribution >= 4 is 15.9 Å². The van der Waals surface area contributed by atoms with E-state index in [1.54, 1.807) is 17.0 Å². The first-order chi connectivity index (χ1) is 12.0. The van der Waals surface area contributed by atoms with Gasteiger partial charge in [0, 0.05) is 30.7 Å². The number of amides is 1. The maximum absolute atomic E-state index is 12.5. The van der Waals surface area contributed by atoms with Crippen LogP contribution in [0.4, 0.5) is 0 Å². The van der Waals surface area contributed by atoms with Crippen LogP contribution >= 0.6 is 0 Å². The Morgan fingerprint density at radius 2 is 1.68 bits per heavy atom. The first-order valence-electron chi connectivity index (χ1n) is 8.71. The van der Waals surface area contributed by atoms with Crippen LogP contribution in [0.3, 0.4) is 0 Å². The molecule has 138 valence electrons. The van der Waals surface area contributed by atoms with Crippen LogP contribution in [0, 0.1) is 0 Å². The molecule has 1 aliphatic carbocycles. The first kappa shape index (κ1) is 18.3. The Morgan fingerprint density at radius 3 is 2.28 bits per heavy atom.